The molecule has 7 nitrogen and oxygen atoms in total. The fourth-order valence-electron chi connectivity index (χ4n) is 2.56. The van der Waals surface area contributed by atoms with E-state index in [0.29, 0.717) is 29.4 Å². The molecule has 2 aromatic rings. The summed E-state index contributed by atoms with van der Waals surface area (Å²) >= 11 is 0. The first-order valence-electron chi connectivity index (χ1n) is 7.89. The normalized spacial score (nSPS) is 17.2. The first-order valence-corrected chi connectivity index (χ1v) is 7.89. The number of benzene rings is 1. The van der Waals surface area contributed by atoms with Gasteiger partial charge in [-0.05, 0) is 39.8 Å². The highest BCUT2D eigenvalue weighted by molar-refractivity contribution is 6.05. The zero-order valence-corrected chi connectivity index (χ0v) is 14.6. The molecular weight excluding hydrogens is 308 g/mol. The molecule has 3 rings (SSSR count). The van der Waals surface area contributed by atoms with Crippen molar-refractivity contribution in [3.8, 4) is 11.5 Å². The van der Waals surface area contributed by atoms with Crippen LogP contribution in [-0.2, 0) is 5.54 Å². The number of fused-ring (bicyclic) bond motifs is 1. The summed E-state index contributed by atoms with van der Waals surface area (Å²) in [6.45, 7) is 8.40. The summed E-state index contributed by atoms with van der Waals surface area (Å²) in [4.78, 5) is 14.6. The van der Waals surface area contributed by atoms with Crippen molar-refractivity contribution in [1.82, 2.24) is 15.0 Å². The van der Waals surface area contributed by atoms with Crippen molar-refractivity contribution in [3.63, 3.8) is 0 Å². The molecule has 24 heavy (non-hydrogen) atoms. The molecular formula is C17H22N4O3. The molecule has 1 aromatic heterocycles. The molecule has 0 fully saturated rings. The Bertz CT molecular complexity index is 763. The lowest BCUT2D eigenvalue weighted by Crippen LogP contribution is -2.42. The molecule has 1 unspecified atom stereocenters. The number of anilines is 1. The maximum Gasteiger partial charge on any atom is 0.280 e. The van der Waals surface area contributed by atoms with Gasteiger partial charge in [0.2, 0.25) is 0 Å². The van der Waals surface area contributed by atoms with Gasteiger partial charge in [-0.1, -0.05) is 5.21 Å². The Hall–Kier alpha value is -2.57. The maximum atomic E-state index is 13.0. The number of amides is 1. The van der Waals surface area contributed by atoms with E-state index < -0.39 is 0 Å². The van der Waals surface area contributed by atoms with Crippen molar-refractivity contribution in [3.05, 3.63) is 30.1 Å². The predicted molar refractivity (Wildman–Crippen MR) is 89.8 cm³/mol. The lowest BCUT2D eigenvalue weighted by atomic mass is 10.1. The van der Waals surface area contributed by atoms with Crippen molar-refractivity contribution < 1.29 is 14.3 Å². The summed E-state index contributed by atoms with van der Waals surface area (Å²) in [6, 6.07) is 5.43. The van der Waals surface area contributed by atoms with Crippen LogP contribution in [0.4, 0.5) is 5.69 Å². The number of ether oxygens (including phenoxy) is 2. The average Bonchev–Trinajstić information content (AvgIpc) is 3.03. The van der Waals surface area contributed by atoms with Gasteiger partial charge in [0, 0.05) is 6.07 Å². The molecule has 0 N–H and O–H groups in total. The van der Waals surface area contributed by atoms with Crippen LogP contribution in [0.5, 0.6) is 11.5 Å². The molecule has 0 spiro atoms. The Morgan fingerprint density at radius 1 is 1.38 bits per heavy atom. The number of hydrogen-bond donors (Lipinski definition) is 0. The van der Waals surface area contributed by atoms with Gasteiger partial charge in [0.1, 0.15) is 17.6 Å². The third-order valence-electron chi connectivity index (χ3n) is 3.87. The molecule has 0 saturated carbocycles. The van der Waals surface area contributed by atoms with Crippen LogP contribution < -0.4 is 14.4 Å². The van der Waals surface area contributed by atoms with Gasteiger partial charge in [-0.2, -0.15) is 0 Å². The summed E-state index contributed by atoms with van der Waals surface area (Å²) in [7, 11) is 1.59. The number of rotatable bonds is 2. The van der Waals surface area contributed by atoms with Gasteiger partial charge in [-0.25, -0.2) is 4.68 Å². The van der Waals surface area contributed by atoms with Crippen LogP contribution in [0, 0.1) is 0 Å². The smallest absolute Gasteiger partial charge is 0.280 e. The minimum atomic E-state index is -0.231. The van der Waals surface area contributed by atoms with Gasteiger partial charge in [-0.15, -0.1) is 5.10 Å². The van der Waals surface area contributed by atoms with Gasteiger partial charge in [0.25, 0.3) is 5.91 Å². The van der Waals surface area contributed by atoms with E-state index in [9.17, 15) is 4.79 Å². The van der Waals surface area contributed by atoms with Crippen LogP contribution >= 0.6 is 0 Å². The van der Waals surface area contributed by atoms with E-state index >= 15 is 0 Å². The second kappa shape index (κ2) is 5.81. The van der Waals surface area contributed by atoms with E-state index in [-0.39, 0.29) is 17.6 Å². The summed E-state index contributed by atoms with van der Waals surface area (Å²) in [6.07, 6.45) is 1.58. The Morgan fingerprint density at radius 3 is 2.75 bits per heavy atom. The number of methoxy groups -OCH3 is 1. The lowest BCUT2D eigenvalue weighted by molar-refractivity contribution is 0.0956. The molecule has 7 heteroatoms. The fourth-order valence-corrected chi connectivity index (χ4v) is 2.56. The van der Waals surface area contributed by atoms with E-state index in [2.05, 4.69) is 10.3 Å². The minimum Gasteiger partial charge on any atom is -0.497 e. The highest BCUT2D eigenvalue weighted by Crippen LogP contribution is 2.37. The van der Waals surface area contributed by atoms with Crippen molar-refractivity contribution in [2.24, 2.45) is 0 Å². The quantitative estimate of drug-likeness (QED) is 0.846. The fraction of sp³-hybridized carbons (Fsp3) is 0.471. The molecule has 0 bridgehead atoms. The summed E-state index contributed by atoms with van der Waals surface area (Å²) in [5, 5.41) is 8.12. The molecule has 1 aliphatic heterocycles. The van der Waals surface area contributed by atoms with Crippen LogP contribution in [-0.4, -0.2) is 40.7 Å². The maximum absolute atomic E-state index is 13.0. The Morgan fingerprint density at radius 2 is 2.12 bits per heavy atom. The molecule has 1 amide bonds. The SMILES string of the molecule is COc1ccc2c(c1)N(C(=O)c1cn(C(C)(C)C)nn1)CC(C)O2. The zero-order chi connectivity index (χ0) is 17.5. The first kappa shape index (κ1) is 16.3. The highest BCUT2D eigenvalue weighted by Gasteiger charge is 2.31. The standard InChI is InChI=1S/C17H22N4O3/c1-11-9-20(14-8-12(23-5)6-7-15(14)24-11)16(22)13-10-21(19-18-13)17(2,3)4/h6-8,10-11H,9H2,1-5H3. The van der Waals surface area contributed by atoms with Crippen LogP contribution in [0.3, 0.4) is 0 Å². The molecule has 2 heterocycles. The van der Waals surface area contributed by atoms with E-state index in [4.69, 9.17) is 9.47 Å². The average molecular weight is 330 g/mol. The number of carbonyl (C=O) groups is 1. The van der Waals surface area contributed by atoms with E-state index in [1.54, 1.807) is 29.0 Å². The van der Waals surface area contributed by atoms with Gasteiger partial charge in [0.15, 0.2) is 5.69 Å². The minimum absolute atomic E-state index is 0.104. The first-order chi connectivity index (χ1) is 11.3. The Labute approximate surface area is 141 Å². The number of nitrogens with zero attached hydrogens (tertiary/aromatic N) is 4. The van der Waals surface area contributed by atoms with E-state index in [1.165, 1.54) is 0 Å². The Kier molecular flexibility index (Phi) is 3.95. The second-order valence-corrected chi connectivity index (χ2v) is 6.90. The van der Waals surface area contributed by atoms with Crippen molar-refractivity contribution >= 4 is 11.6 Å². The van der Waals surface area contributed by atoms with E-state index in [1.807, 2.05) is 39.8 Å². The molecule has 1 aromatic carbocycles. The summed E-state index contributed by atoms with van der Waals surface area (Å²) in [5.41, 5.74) is 0.765. The number of hydrogen-bond acceptors (Lipinski definition) is 5. The third-order valence-corrected chi connectivity index (χ3v) is 3.87. The van der Waals surface area contributed by atoms with Crippen molar-refractivity contribution in [2.75, 3.05) is 18.6 Å². The molecule has 0 aliphatic carbocycles. The van der Waals surface area contributed by atoms with Crippen LogP contribution in [0.15, 0.2) is 24.4 Å². The Balaban J connectivity index is 1.97. The molecule has 0 saturated heterocycles. The molecule has 128 valence electrons. The molecule has 0 radical (unpaired) electrons. The van der Waals surface area contributed by atoms with E-state index in [0.717, 1.165) is 0 Å². The van der Waals surface area contributed by atoms with Crippen molar-refractivity contribution in [2.45, 2.75) is 39.3 Å². The van der Waals surface area contributed by atoms with Crippen LogP contribution in [0.25, 0.3) is 0 Å². The number of aromatic nitrogens is 3. The largest absolute Gasteiger partial charge is 0.497 e. The summed E-state index contributed by atoms with van der Waals surface area (Å²) in [5.74, 6) is 1.13. The van der Waals surface area contributed by atoms with Gasteiger partial charge in [-0.3, -0.25) is 9.69 Å². The monoisotopic (exact) mass is 330 g/mol. The van der Waals surface area contributed by atoms with Gasteiger partial charge in [0.05, 0.1) is 31.1 Å². The van der Waals surface area contributed by atoms with Gasteiger partial charge >= 0.3 is 0 Å². The number of carbonyl (C=O) groups excluding carboxylic acids is 1. The zero-order valence-electron chi connectivity index (χ0n) is 14.6. The highest BCUT2D eigenvalue weighted by atomic mass is 16.5. The topological polar surface area (TPSA) is 69.5 Å². The van der Waals surface area contributed by atoms with Gasteiger partial charge < -0.3 is 9.47 Å². The molecule has 1 atom stereocenters. The lowest BCUT2D eigenvalue weighted by Gasteiger charge is -2.33. The predicted octanol–water partition coefficient (Wildman–Crippen LogP) is 2.47. The van der Waals surface area contributed by atoms with Crippen LogP contribution in [0.2, 0.25) is 0 Å². The second-order valence-electron chi connectivity index (χ2n) is 6.90. The third kappa shape index (κ3) is 2.93. The van der Waals surface area contributed by atoms with Crippen LogP contribution in [0.1, 0.15) is 38.2 Å². The van der Waals surface area contributed by atoms with Crippen molar-refractivity contribution in [1.29, 1.82) is 0 Å². The molecule has 1 aliphatic rings. The summed E-state index contributed by atoms with van der Waals surface area (Å²) < 4.78 is 12.8.